The summed E-state index contributed by atoms with van der Waals surface area (Å²) in [7, 11) is 0. The number of likely N-dealkylation sites (tertiary alicyclic amines) is 1. The third-order valence-corrected chi connectivity index (χ3v) is 4.35. The molecule has 2 N–H and O–H groups in total. The average molecular weight is 318 g/mol. The molecule has 3 rings (SSSR count). The zero-order valence-electron chi connectivity index (χ0n) is 13.0. The van der Waals surface area contributed by atoms with Crippen LogP contribution in [-0.2, 0) is 20.8 Å². The highest BCUT2D eigenvalue weighted by Crippen LogP contribution is 2.31. The summed E-state index contributed by atoms with van der Waals surface area (Å²) >= 11 is 0. The van der Waals surface area contributed by atoms with Gasteiger partial charge in [-0.25, -0.2) is 5.48 Å². The van der Waals surface area contributed by atoms with E-state index in [1.807, 2.05) is 12.1 Å². The minimum atomic E-state index is -0.535. The maximum atomic E-state index is 10.9. The normalized spacial score (nSPS) is 21.1. The van der Waals surface area contributed by atoms with Gasteiger partial charge in [0, 0.05) is 38.6 Å². The van der Waals surface area contributed by atoms with Gasteiger partial charge in [0.25, 0.3) is 5.91 Å². The van der Waals surface area contributed by atoms with Crippen molar-refractivity contribution in [1.29, 1.82) is 0 Å². The molecule has 1 amide bonds. The van der Waals surface area contributed by atoms with Crippen LogP contribution in [0.2, 0.25) is 0 Å². The van der Waals surface area contributed by atoms with Crippen molar-refractivity contribution in [3.05, 3.63) is 41.5 Å². The van der Waals surface area contributed by atoms with Crippen molar-refractivity contribution in [3.8, 4) is 0 Å². The van der Waals surface area contributed by atoms with E-state index in [-0.39, 0.29) is 5.79 Å². The van der Waals surface area contributed by atoms with Gasteiger partial charge in [-0.2, -0.15) is 0 Å². The first-order chi connectivity index (χ1) is 11.2. The summed E-state index contributed by atoms with van der Waals surface area (Å²) in [4.78, 5) is 13.3. The number of piperidine rings is 1. The first kappa shape index (κ1) is 16.1. The van der Waals surface area contributed by atoms with Crippen molar-refractivity contribution >= 4 is 12.0 Å². The predicted molar refractivity (Wildman–Crippen MR) is 84.6 cm³/mol. The summed E-state index contributed by atoms with van der Waals surface area (Å²) in [5.41, 5.74) is 3.72. The molecule has 0 saturated carbocycles. The Balaban J connectivity index is 1.51. The van der Waals surface area contributed by atoms with Crippen LogP contribution in [-0.4, -0.2) is 48.1 Å². The van der Waals surface area contributed by atoms with E-state index in [1.165, 1.54) is 11.6 Å². The molecule has 124 valence electrons. The quantitative estimate of drug-likeness (QED) is 0.501. The fourth-order valence-electron chi connectivity index (χ4n) is 3.04. The number of nitrogens with zero attached hydrogens (tertiary/aromatic N) is 1. The van der Waals surface area contributed by atoms with Crippen LogP contribution in [0.3, 0.4) is 0 Å². The molecule has 2 saturated heterocycles. The first-order valence-electron chi connectivity index (χ1n) is 7.90. The number of carbonyl (C=O) groups excluding carboxylic acids is 1. The van der Waals surface area contributed by atoms with Crippen LogP contribution in [0, 0.1) is 0 Å². The van der Waals surface area contributed by atoms with Crippen molar-refractivity contribution in [2.45, 2.75) is 25.2 Å². The molecule has 0 unspecified atom stereocenters. The summed E-state index contributed by atoms with van der Waals surface area (Å²) in [6.07, 6.45) is 4.80. The van der Waals surface area contributed by atoms with Gasteiger partial charge >= 0.3 is 0 Å². The van der Waals surface area contributed by atoms with E-state index in [9.17, 15) is 4.79 Å². The molecule has 0 bridgehead atoms. The highest BCUT2D eigenvalue weighted by atomic mass is 16.7. The fraction of sp³-hybridized carbons (Fsp3) is 0.471. The molecule has 0 aromatic heterocycles. The lowest BCUT2D eigenvalue weighted by Crippen LogP contribution is -2.44. The van der Waals surface area contributed by atoms with Gasteiger partial charge in [0.2, 0.25) is 0 Å². The zero-order chi connectivity index (χ0) is 16.1. The number of rotatable bonds is 4. The van der Waals surface area contributed by atoms with E-state index < -0.39 is 5.91 Å². The Hall–Kier alpha value is -1.73. The molecule has 2 aliphatic heterocycles. The molecule has 23 heavy (non-hydrogen) atoms. The molecular formula is C17H22N2O4. The average Bonchev–Trinajstić information content (AvgIpc) is 3.04. The lowest BCUT2D eigenvalue weighted by molar-refractivity contribution is -0.185. The van der Waals surface area contributed by atoms with E-state index in [2.05, 4.69) is 17.0 Å². The number of amides is 1. The van der Waals surface area contributed by atoms with E-state index >= 15 is 0 Å². The number of hydrogen-bond donors (Lipinski definition) is 2. The maximum absolute atomic E-state index is 10.9. The molecule has 6 nitrogen and oxygen atoms in total. The van der Waals surface area contributed by atoms with Gasteiger partial charge in [0.15, 0.2) is 5.79 Å². The number of hydrogen-bond acceptors (Lipinski definition) is 5. The molecule has 1 aromatic rings. The van der Waals surface area contributed by atoms with Gasteiger partial charge in [-0.1, -0.05) is 24.3 Å². The zero-order valence-corrected chi connectivity index (χ0v) is 13.0. The Morgan fingerprint density at radius 1 is 1.22 bits per heavy atom. The Bertz CT molecular complexity index is 554. The highest BCUT2D eigenvalue weighted by Gasteiger charge is 2.39. The lowest BCUT2D eigenvalue weighted by atomic mass is 10.0. The summed E-state index contributed by atoms with van der Waals surface area (Å²) in [6, 6.07) is 8.04. The number of hydroxylamine groups is 1. The Morgan fingerprint density at radius 2 is 1.87 bits per heavy atom. The minimum Gasteiger partial charge on any atom is -0.347 e. The first-order valence-corrected chi connectivity index (χ1v) is 7.90. The second-order valence-corrected chi connectivity index (χ2v) is 5.93. The minimum absolute atomic E-state index is 0.321. The summed E-state index contributed by atoms with van der Waals surface area (Å²) in [5.74, 6) is -0.856. The van der Waals surface area contributed by atoms with Crippen LogP contribution in [0.5, 0.6) is 0 Å². The van der Waals surface area contributed by atoms with E-state index in [0.717, 1.165) is 38.0 Å². The highest BCUT2D eigenvalue weighted by molar-refractivity contribution is 5.90. The number of carbonyl (C=O) groups is 1. The third-order valence-electron chi connectivity index (χ3n) is 4.35. The van der Waals surface area contributed by atoms with Crippen LogP contribution in [0.1, 0.15) is 24.0 Å². The van der Waals surface area contributed by atoms with Crippen molar-refractivity contribution in [3.63, 3.8) is 0 Å². The second kappa shape index (κ2) is 7.23. The molecule has 0 aliphatic carbocycles. The molecule has 0 radical (unpaired) electrons. The van der Waals surface area contributed by atoms with Gasteiger partial charge in [-0.15, -0.1) is 0 Å². The van der Waals surface area contributed by atoms with Crippen molar-refractivity contribution in [1.82, 2.24) is 10.4 Å². The molecule has 1 aromatic carbocycles. The van der Waals surface area contributed by atoms with Crippen LogP contribution in [0.4, 0.5) is 0 Å². The van der Waals surface area contributed by atoms with Gasteiger partial charge < -0.3 is 9.47 Å². The number of nitrogens with one attached hydrogen (secondary N) is 1. The Labute approximate surface area is 135 Å². The van der Waals surface area contributed by atoms with E-state index in [0.29, 0.717) is 13.2 Å². The predicted octanol–water partition coefficient (Wildman–Crippen LogP) is 1.54. The Kier molecular flexibility index (Phi) is 5.07. The van der Waals surface area contributed by atoms with Gasteiger partial charge in [-0.3, -0.25) is 14.9 Å². The standard InChI is InChI=1S/C17H22N2O4/c20-16(18-21)6-5-14-1-3-15(4-2-14)13-19-9-7-17(8-10-19)22-11-12-23-17/h1-6,21H,7-13H2,(H,18,20)/b6-5+. The SMILES string of the molecule is O=C(/C=C/c1ccc(CN2CCC3(CC2)OCCO3)cc1)NO. The molecule has 2 heterocycles. The van der Waals surface area contributed by atoms with Crippen molar-refractivity contribution < 1.29 is 19.5 Å². The third kappa shape index (κ3) is 4.17. The smallest absolute Gasteiger partial charge is 0.267 e. The van der Waals surface area contributed by atoms with Gasteiger partial charge in [-0.05, 0) is 17.2 Å². The summed E-state index contributed by atoms with van der Waals surface area (Å²) in [5, 5.41) is 8.44. The fourth-order valence-corrected chi connectivity index (χ4v) is 3.04. The maximum Gasteiger partial charge on any atom is 0.267 e. The molecular weight excluding hydrogens is 296 g/mol. The molecule has 1 spiro atoms. The lowest BCUT2D eigenvalue weighted by Gasteiger charge is -2.37. The topological polar surface area (TPSA) is 71.0 Å². The molecule has 2 fully saturated rings. The number of ether oxygens (including phenoxy) is 2. The van der Waals surface area contributed by atoms with Crippen molar-refractivity contribution in [2.24, 2.45) is 0 Å². The van der Waals surface area contributed by atoms with Gasteiger partial charge in [0.05, 0.1) is 13.2 Å². The van der Waals surface area contributed by atoms with E-state index in [4.69, 9.17) is 14.7 Å². The molecule has 6 heteroatoms. The van der Waals surface area contributed by atoms with E-state index in [1.54, 1.807) is 11.6 Å². The summed E-state index contributed by atoms with van der Waals surface area (Å²) in [6.45, 7) is 4.26. The van der Waals surface area contributed by atoms with Crippen molar-refractivity contribution in [2.75, 3.05) is 26.3 Å². The van der Waals surface area contributed by atoms with Crippen LogP contribution in [0.25, 0.3) is 6.08 Å². The molecule has 0 atom stereocenters. The van der Waals surface area contributed by atoms with Crippen LogP contribution >= 0.6 is 0 Å². The monoisotopic (exact) mass is 318 g/mol. The van der Waals surface area contributed by atoms with Gasteiger partial charge in [0.1, 0.15) is 0 Å². The molecule has 2 aliphatic rings. The largest absolute Gasteiger partial charge is 0.347 e. The van der Waals surface area contributed by atoms with Crippen LogP contribution in [0.15, 0.2) is 30.3 Å². The number of benzene rings is 1. The van der Waals surface area contributed by atoms with Crippen LogP contribution < -0.4 is 5.48 Å². The summed E-state index contributed by atoms with van der Waals surface area (Å²) < 4.78 is 11.5. The second-order valence-electron chi connectivity index (χ2n) is 5.93. The Morgan fingerprint density at radius 3 is 2.48 bits per heavy atom.